The molecule has 8 heteroatoms. The molecule has 8 nitrogen and oxygen atoms in total. The molecular formula is C17H22N4O4. The van der Waals surface area contributed by atoms with Crippen LogP contribution in [0.25, 0.3) is 0 Å². The van der Waals surface area contributed by atoms with E-state index in [0.29, 0.717) is 44.1 Å². The van der Waals surface area contributed by atoms with E-state index in [2.05, 4.69) is 10.3 Å². The van der Waals surface area contributed by atoms with Gasteiger partial charge in [-0.1, -0.05) is 5.16 Å². The van der Waals surface area contributed by atoms with Gasteiger partial charge in [0, 0.05) is 18.2 Å². The topological polar surface area (TPSA) is 93.6 Å². The Kier molecular flexibility index (Phi) is 3.52. The molecule has 1 amide bonds. The van der Waals surface area contributed by atoms with Crippen molar-refractivity contribution in [2.75, 3.05) is 19.7 Å². The van der Waals surface area contributed by atoms with E-state index in [4.69, 9.17) is 9.26 Å². The summed E-state index contributed by atoms with van der Waals surface area (Å²) in [6, 6.07) is 0. The maximum Gasteiger partial charge on any atom is 0.276 e. The van der Waals surface area contributed by atoms with Crippen molar-refractivity contribution in [2.24, 2.45) is 0 Å². The number of aryl methyl sites for hydroxylation is 2. The molecule has 2 aliphatic rings. The molecule has 2 fully saturated rings. The molecule has 0 saturated carbocycles. The SMILES string of the molecule is Cc1cnn(Cc2c(C(=O)N3CC4(C3)CC(C)(O)CO4)noc2C)c1. The third kappa shape index (κ3) is 2.85. The Hall–Kier alpha value is -2.19. The van der Waals surface area contributed by atoms with Gasteiger partial charge in [0.2, 0.25) is 0 Å². The van der Waals surface area contributed by atoms with Gasteiger partial charge in [-0.25, -0.2) is 0 Å². The molecule has 4 rings (SSSR count). The van der Waals surface area contributed by atoms with Gasteiger partial charge in [0.05, 0.1) is 38.0 Å². The number of carbonyl (C=O) groups excluding carboxylic acids is 1. The van der Waals surface area contributed by atoms with Gasteiger partial charge in [0.1, 0.15) is 11.4 Å². The molecular weight excluding hydrogens is 324 g/mol. The third-order valence-corrected chi connectivity index (χ3v) is 4.91. The second-order valence-corrected chi connectivity index (χ2v) is 7.59. The average Bonchev–Trinajstić information content (AvgIpc) is 3.16. The molecule has 134 valence electrons. The van der Waals surface area contributed by atoms with Crippen molar-refractivity contribution in [2.45, 2.75) is 44.9 Å². The van der Waals surface area contributed by atoms with Crippen LogP contribution >= 0.6 is 0 Å². The number of amides is 1. The summed E-state index contributed by atoms with van der Waals surface area (Å²) in [5, 5.41) is 18.3. The zero-order chi connectivity index (χ0) is 17.8. The van der Waals surface area contributed by atoms with Gasteiger partial charge in [-0.2, -0.15) is 5.10 Å². The Morgan fingerprint density at radius 2 is 2.16 bits per heavy atom. The molecule has 2 saturated heterocycles. The van der Waals surface area contributed by atoms with Crippen molar-refractivity contribution in [3.8, 4) is 0 Å². The van der Waals surface area contributed by atoms with Crippen molar-refractivity contribution < 1.29 is 19.2 Å². The zero-order valence-electron chi connectivity index (χ0n) is 14.7. The fourth-order valence-electron chi connectivity index (χ4n) is 3.71. The van der Waals surface area contributed by atoms with Crippen LogP contribution in [0.1, 0.15) is 40.7 Å². The molecule has 0 aliphatic carbocycles. The van der Waals surface area contributed by atoms with Crippen LogP contribution in [0.2, 0.25) is 0 Å². The lowest BCUT2D eigenvalue weighted by Crippen LogP contribution is -2.63. The summed E-state index contributed by atoms with van der Waals surface area (Å²) < 4.78 is 12.8. The predicted octanol–water partition coefficient (Wildman–Crippen LogP) is 0.902. The molecule has 2 aromatic rings. The van der Waals surface area contributed by atoms with Crippen LogP contribution in [-0.4, -0.2) is 61.7 Å². The Labute approximate surface area is 145 Å². The maximum atomic E-state index is 12.8. The number of rotatable bonds is 3. The first-order chi connectivity index (χ1) is 11.8. The highest BCUT2D eigenvalue weighted by Crippen LogP contribution is 2.40. The van der Waals surface area contributed by atoms with Crippen LogP contribution < -0.4 is 0 Å². The van der Waals surface area contributed by atoms with Gasteiger partial charge in [-0.05, 0) is 26.3 Å². The van der Waals surface area contributed by atoms with Crippen LogP contribution in [-0.2, 0) is 11.3 Å². The molecule has 1 N–H and O–H groups in total. The number of aromatic nitrogens is 3. The molecule has 2 aromatic heterocycles. The van der Waals surface area contributed by atoms with E-state index >= 15 is 0 Å². The van der Waals surface area contributed by atoms with Crippen LogP contribution in [0.4, 0.5) is 0 Å². The molecule has 4 heterocycles. The number of hydrogen-bond acceptors (Lipinski definition) is 6. The first-order valence-corrected chi connectivity index (χ1v) is 8.37. The van der Waals surface area contributed by atoms with E-state index in [-0.39, 0.29) is 5.91 Å². The lowest BCUT2D eigenvalue weighted by atomic mass is 9.85. The van der Waals surface area contributed by atoms with E-state index in [9.17, 15) is 9.90 Å². The summed E-state index contributed by atoms with van der Waals surface area (Å²) in [5.41, 5.74) is 0.885. The van der Waals surface area contributed by atoms with E-state index in [1.165, 1.54) is 0 Å². The summed E-state index contributed by atoms with van der Waals surface area (Å²) in [5.74, 6) is 0.447. The summed E-state index contributed by atoms with van der Waals surface area (Å²) >= 11 is 0. The zero-order valence-corrected chi connectivity index (χ0v) is 14.7. The predicted molar refractivity (Wildman–Crippen MR) is 87.1 cm³/mol. The molecule has 1 unspecified atom stereocenters. The largest absolute Gasteiger partial charge is 0.388 e. The smallest absolute Gasteiger partial charge is 0.276 e. The van der Waals surface area contributed by atoms with Crippen LogP contribution in [0.3, 0.4) is 0 Å². The molecule has 0 bridgehead atoms. The van der Waals surface area contributed by atoms with Crippen molar-refractivity contribution in [1.29, 1.82) is 0 Å². The highest BCUT2D eigenvalue weighted by Gasteiger charge is 2.55. The van der Waals surface area contributed by atoms with Crippen molar-refractivity contribution >= 4 is 5.91 Å². The van der Waals surface area contributed by atoms with Gasteiger partial charge in [-0.15, -0.1) is 0 Å². The standard InChI is InChI=1S/C17H22N4O4/c1-11-4-18-21(5-11)6-13-12(2)25-19-14(13)15(22)20-8-17(9-20)7-16(3,23)10-24-17/h4-5,23H,6-10H2,1-3H3. The average molecular weight is 346 g/mol. The fraction of sp³-hybridized carbons (Fsp3) is 0.588. The van der Waals surface area contributed by atoms with Crippen LogP contribution in [0, 0.1) is 13.8 Å². The van der Waals surface area contributed by atoms with Gasteiger partial charge in [0.15, 0.2) is 5.69 Å². The molecule has 1 atom stereocenters. The number of nitrogens with zero attached hydrogens (tertiary/aromatic N) is 4. The summed E-state index contributed by atoms with van der Waals surface area (Å²) in [6.07, 6.45) is 4.22. The Morgan fingerprint density at radius 3 is 2.76 bits per heavy atom. The summed E-state index contributed by atoms with van der Waals surface area (Å²) in [6.45, 7) is 7.20. The Bertz CT molecular complexity index is 816. The second-order valence-electron chi connectivity index (χ2n) is 7.59. The van der Waals surface area contributed by atoms with E-state index in [1.54, 1.807) is 29.6 Å². The van der Waals surface area contributed by atoms with Crippen molar-refractivity contribution in [3.63, 3.8) is 0 Å². The molecule has 0 aromatic carbocycles. The maximum absolute atomic E-state index is 12.8. The quantitative estimate of drug-likeness (QED) is 0.888. The van der Waals surface area contributed by atoms with E-state index in [0.717, 1.165) is 11.1 Å². The van der Waals surface area contributed by atoms with Crippen LogP contribution in [0.15, 0.2) is 16.9 Å². The molecule has 1 spiro atoms. The lowest BCUT2D eigenvalue weighted by Gasteiger charge is -2.46. The Morgan fingerprint density at radius 1 is 1.40 bits per heavy atom. The second kappa shape index (κ2) is 5.40. The number of likely N-dealkylation sites (tertiary alicyclic amines) is 1. The third-order valence-electron chi connectivity index (χ3n) is 4.91. The van der Waals surface area contributed by atoms with Gasteiger partial charge in [0.25, 0.3) is 5.91 Å². The van der Waals surface area contributed by atoms with Gasteiger partial charge in [-0.3, -0.25) is 9.48 Å². The highest BCUT2D eigenvalue weighted by atomic mass is 16.5. The van der Waals surface area contributed by atoms with Crippen LogP contribution in [0.5, 0.6) is 0 Å². The number of ether oxygens (including phenoxy) is 1. The lowest BCUT2D eigenvalue weighted by molar-refractivity contribution is -0.0957. The monoisotopic (exact) mass is 346 g/mol. The number of hydrogen-bond donors (Lipinski definition) is 1. The molecule has 2 aliphatic heterocycles. The normalized spacial score (nSPS) is 24.7. The minimum Gasteiger partial charge on any atom is -0.388 e. The van der Waals surface area contributed by atoms with Gasteiger partial charge >= 0.3 is 0 Å². The minimum atomic E-state index is -0.817. The van der Waals surface area contributed by atoms with E-state index in [1.807, 2.05) is 13.1 Å². The number of carbonyl (C=O) groups is 1. The van der Waals surface area contributed by atoms with Crippen molar-refractivity contribution in [1.82, 2.24) is 19.8 Å². The Balaban J connectivity index is 1.49. The van der Waals surface area contributed by atoms with Gasteiger partial charge < -0.3 is 19.3 Å². The first-order valence-electron chi connectivity index (χ1n) is 8.37. The fourth-order valence-corrected chi connectivity index (χ4v) is 3.71. The summed E-state index contributed by atoms with van der Waals surface area (Å²) in [7, 11) is 0. The minimum absolute atomic E-state index is 0.170. The molecule has 25 heavy (non-hydrogen) atoms. The van der Waals surface area contributed by atoms with Crippen molar-refractivity contribution in [3.05, 3.63) is 35.0 Å². The number of aliphatic hydroxyl groups is 1. The molecule has 0 radical (unpaired) electrons. The summed E-state index contributed by atoms with van der Waals surface area (Å²) in [4.78, 5) is 14.5. The first kappa shape index (κ1) is 16.3. The highest BCUT2D eigenvalue weighted by molar-refractivity contribution is 5.94. The van der Waals surface area contributed by atoms with E-state index < -0.39 is 11.2 Å².